The van der Waals surface area contributed by atoms with Crippen molar-refractivity contribution in [1.29, 1.82) is 0 Å². The number of aliphatic hydroxyl groups is 1. The van der Waals surface area contributed by atoms with Crippen molar-refractivity contribution in [2.24, 2.45) is 11.8 Å². The number of likely N-dealkylation sites (tertiary alicyclic amines) is 1. The van der Waals surface area contributed by atoms with Gasteiger partial charge in [-0.3, -0.25) is 19.2 Å². The number of anilines is 1. The predicted molar refractivity (Wildman–Crippen MR) is 180 cm³/mol. The molecule has 2 aromatic rings. The molecule has 2 aromatic carbocycles. The van der Waals surface area contributed by atoms with E-state index in [1.165, 1.54) is 4.90 Å². The van der Waals surface area contributed by atoms with Gasteiger partial charge in [0.25, 0.3) is 5.91 Å². The van der Waals surface area contributed by atoms with Gasteiger partial charge in [-0.05, 0) is 50.3 Å². The normalized spacial score (nSPS) is 32.1. The van der Waals surface area contributed by atoms with Crippen molar-refractivity contribution in [2.75, 3.05) is 25.1 Å². The first-order valence-electron chi connectivity index (χ1n) is 16.9. The molecule has 4 aliphatic heterocycles. The maximum absolute atomic E-state index is 14.9. The molecule has 3 amide bonds. The number of rotatable bonds is 5. The third-order valence-corrected chi connectivity index (χ3v) is 10.7. The van der Waals surface area contributed by atoms with E-state index in [-0.39, 0.29) is 31.4 Å². The van der Waals surface area contributed by atoms with Crippen molar-refractivity contribution >= 4 is 29.4 Å². The molecule has 0 bridgehead atoms. The summed E-state index contributed by atoms with van der Waals surface area (Å²) in [6.07, 6.45) is 6.51. The quantitative estimate of drug-likeness (QED) is 0.382. The van der Waals surface area contributed by atoms with Crippen LogP contribution in [0.2, 0.25) is 0 Å². The Hall–Kier alpha value is -4.28. The molecule has 0 unspecified atom stereocenters. The fourth-order valence-corrected chi connectivity index (χ4v) is 8.07. The van der Waals surface area contributed by atoms with Gasteiger partial charge in [-0.15, -0.1) is 0 Å². The molecule has 4 aliphatic rings. The molecule has 0 saturated carbocycles. The molecule has 0 aliphatic carbocycles. The van der Waals surface area contributed by atoms with E-state index in [1.807, 2.05) is 82.3 Å². The maximum atomic E-state index is 14.9. The minimum Gasteiger partial charge on any atom is -0.455 e. The van der Waals surface area contributed by atoms with Gasteiger partial charge in [0.15, 0.2) is 0 Å². The second kappa shape index (κ2) is 13.3. The summed E-state index contributed by atoms with van der Waals surface area (Å²) in [6, 6.07) is 12.8. The number of benzene rings is 2. The Labute approximate surface area is 282 Å². The molecule has 1 N–H and O–H groups in total. The number of allylic oxidation sites excluding steroid dienone is 1. The lowest BCUT2D eigenvalue weighted by molar-refractivity contribution is -0.164. The average Bonchev–Trinajstić information content (AvgIpc) is 3.47. The van der Waals surface area contributed by atoms with E-state index in [0.717, 1.165) is 16.8 Å². The smallest absolute Gasteiger partial charge is 0.313 e. The van der Waals surface area contributed by atoms with Crippen LogP contribution in [0.4, 0.5) is 5.69 Å². The lowest BCUT2D eigenvalue weighted by atomic mass is 9.77. The number of nitrogens with zero attached hydrogens (tertiary/aromatic N) is 3. The number of likely N-dealkylation sites (N-methyl/N-ethyl adjacent to an activating group) is 1. The number of fused-ring (bicyclic) bond motifs is 2. The second-order valence-corrected chi connectivity index (χ2v) is 13.4. The van der Waals surface area contributed by atoms with Crippen molar-refractivity contribution in [3.8, 4) is 0 Å². The van der Waals surface area contributed by atoms with Crippen molar-refractivity contribution in [3.05, 3.63) is 89.5 Å². The molecule has 10 heteroatoms. The number of hydrogen-bond donors (Lipinski definition) is 1. The van der Waals surface area contributed by atoms with Gasteiger partial charge in [0.05, 0.1) is 30.7 Å². The van der Waals surface area contributed by atoms with E-state index in [9.17, 15) is 24.3 Å². The van der Waals surface area contributed by atoms with Gasteiger partial charge in [-0.2, -0.15) is 0 Å². The summed E-state index contributed by atoms with van der Waals surface area (Å²) in [7, 11) is 1.70. The fraction of sp³-hybridized carbons (Fsp3) is 0.474. The molecule has 10 nitrogen and oxygen atoms in total. The van der Waals surface area contributed by atoms with E-state index in [1.54, 1.807) is 35.1 Å². The van der Waals surface area contributed by atoms with Crippen LogP contribution in [0.15, 0.2) is 72.8 Å². The number of aliphatic hydroxyl groups excluding tert-OH is 1. The summed E-state index contributed by atoms with van der Waals surface area (Å²) in [5.41, 5.74) is 1.80. The summed E-state index contributed by atoms with van der Waals surface area (Å²) < 4.78 is 13.2. The molecule has 6 rings (SSSR count). The number of carbonyl (C=O) groups excluding carboxylic acids is 4. The van der Waals surface area contributed by atoms with Crippen molar-refractivity contribution in [2.45, 2.75) is 82.9 Å². The average molecular weight is 656 g/mol. The first-order valence-corrected chi connectivity index (χ1v) is 16.9. The summed E-state index contributed by atoms with van der Waals surface area (Å²) in [6.45, 7) is 7.48. The molecular weight excluding hydrogens is 610 g/mol. The van der Waals surface area contributed by atoms with Gasteiger partial charge < -0.3 is 29.3 Å². The summed E-state index contributed by atoms with van der Waals surface area (Å²) in [5, 5.41) is 10.5. The lowest BCUT2D eigenvalue weighted by Gasteiger charge is -2.38. The van der Waals surface area contributed by atoms with Crippen LogP contribution in [-0.2, 0) is 28.7 Å². The largest absolute Gasteiger partial charge is 0.455 e. The van der Waals surface area contributed by atoms with Crippen LogP contribution in [0.1, 0.15) is 55.9 Å². The number of ether oxygens (including phenoxy) is 2. The molecule has 1 spiro atoms. The molecule has 4 heterocycles. The molecule has 0 radical (unpaired) electrons. The molecule has 48 heavy (non-hydrogen) atoms. The van der Waals surface area contributed by atoms with Crippen molar-refractivity contribution in [1.82, 2.24) is 9.80 Å². The van der Waals surface area contributed by atoms with Crippen molar-refractivity contribution in [3.63, 3.8) is 0 Å². The number of aryl methyl sites for hydroxylation is 2. The molecular formula is C38H45N3O7. The number of cyclic esters (lactones) is 1. The van der Waals surface area contributed by atoms with Crippen LogP contribution in [0.5, 0.6) is 0 Å². The summed E-state index contributed by atoms with van der Waals surface area (Å²) >= 11 is 0. The minimum atomic E-state index is -1.50. The number of carbonyl (C=O) groups is 4. The van der Waals surface area contributed by atoms with E-state index in [2.05, 4.69) is 0 Å². The zero-order valence-electron chi connectivity index (χ0n) is 28.2. The highest BCUT2D eigenvalue weighted by atomic mass is 16.6. The highest BCUT2D eigenvalue weighted by Gasteiger charge is 2.72. The number of para-hydroxylation sites is 1. The number of esters is 1. The fourth-order valence-electron chi connectivity index (χ4n) is 8.07. The lowest BCUT2D eigenvalue weighted by Crippen LogP contribution is -2.58. The van der Waals surface area contributed by atoms with Crippen LogP contribution in [0.3, 0.4) is 0 Å². The summed E-state index contributed by atoms with van der Waals surface area (Å²) in [4.78, 5) is 62.1. The SMILES string of the molecule is CC[C@@H](CO)N1C(=O)[C@H]2[C@@H]3C(=O)O[C@@H](c4ccccc4)[C@H](C)N(C)C(=O)CC/C=C\[C@@H]3O[C@]23C=CCN(c2c(C)cccc2C)C(=O)[C@H]13. The Kier molecular flexibility index (Phi) is 9.33. The van der Waals surface area contributed by atoms with Gasteiger partial charge in [-0.25, -0.2) is 0 Å². The zero-order chi connectivity index (χ0) is 34.3. The van der Waals surface area contributed by atoms with Crippen LogP contribution in [-0.4, -0.2) is 88.6 Å². The third-order valence-electron chi connectivity index (χ3n) is 10.7. The van der Waals surface area contributed by atoms with Gasteiger partial charge in [0.1, 0.15) is 23.7 Å². The molecule has 2 fully saturated rings. The molecule has 0 aromatic heterocycles. The van der Waals surface area contributed by atoms with E-state index in [4.69, 9.17) is 9.47 Å². The molecule has 2 saturated heterocycles. The third kappa shape index (κ3) is 5.44. The van der Waals surface area contributed by atoms with Crippen LogP contribution in [0.25, 0.3) is 0 Å². The highest BCUT2D eigenvalue weighted by molar-refractivity contribution is 6.06. The van der Waals surface area contributed by atoms with Crippen LogP contribution >= 0.6 is 0 Å². The zero-order valence-corrected chi connectivity index (χ0v) is 28.2. The number of hydrogen-bond acceptors (Lipinski definition) is 7. The van der Waals surface area contributed by atoms with Gasteiger partial charge >= 0.3 is 5.97 Å². The highest BCUT2D eigenvalue weighted by Crippen LogP contribution is 2.54. The Morgan fingerprint density at radius 3 is 2.35 bits per heavy atom. The molecule has 8 atom stereocenters. The van der Waals surface area contributed by atoms with Gasteiger partial charge in [-0.1, -0.05) is 79.8 Å². The van der Waals surface area contributed by atoms with E-state index < -0.39 is 59.6 Å². The Balaban J connectivity index is 1.48. The van der Waals surface area contributed by atoms with Gasteiger partial charge in [0, 0.05) is 25.7 Å². The number of amides is 3. The topological polar surface area (TPSA) is 117 Å². The first-order chi connectivity index (χ1) is 23.0. The second-order valence-electron chi connectivity index (χ2n) is 13.4. The van der Waals surface area contributed by atoms with Crippen LogP contribution in [0, 0.1) is 25.7 Å². The Morgan fingerprint density at radius 2 is 1.69 bits per heavy atom. The maximum Gasteiger partial charge on any atom is 0.313 e. The van der Waals surface area contributed by atoms with Crippen molar-refractivity contribution < 1.29 is 33.8 Å². The Morgan fingerprint density at radius 1 is 0.979 bits per heavy atom. The van der Waals surface area contributed by atoms with Gasteiger partial charge in [0.2, 0.25) is 11.8 Å². The monoisotopic (exact) mass is 655 g/mol. The minimum absolute atomic E-state index is 0.0894. The Bertz CT molecular complexity index is 1620. The standard InChI is InChI=1S/C38H45N3O7/c1-6-27(22-42)41-34-36(45)40(32-23(2)14-12-15-24(32)3)21-13-20-38(34)31(35(41)44)30-28(48-38)18-10-11-19-29(43)39(5)25(4)33(47-37(30)46)26-16-8-7-9-17-26/h7-10,12-18,20,25,27-28,30-31,33-34,42H,6,11,19,21-22H2,1-5H3/b18-10-/t25-,27-,28-,30+,31+,33+,34-,38+/m0/s1. The first kappa shape index (κ1) is 33.6. The van der Waals surface area contributed by atoms with Crippen LogP contribution < -0.4 is 4.90 Å². The van der Waals surface area contributed by atoms with E-state index in [0.29, 0.717) is 18.4 Å². The summed E-state index contributed by atoms with van der Waals surface area (Å²) in [5.74, 6) is -3.66. The predicted octanol–water partition coefficient (Wildman–Crippen LogP) is 4.04. The van der Waals surface area contributed by atoms with E-state index >= 15 is 0 Å². The molecule has 254 valence electrons.